The second-order valence-corrected chi connectivity index (χ2v) is 4.20. The van der Waals surface area contributed by atoms with Crippen molar-refractivity contribution in [2.75, 3.05) is 6.54 Å². The van der Waals surface area contributed by atoms with Crippen LogP contribution < -0.4 is 5.32 Å². The van der Waals surface area contributed by atoms with Crippen LogP contribution in [0.2, 0.25) is 0 Å². The van der Waals surface area contributed by atoms with E-state index >= 15 is 0 Å². The van der Waals surface area contributed by atoms with Gasteiger partial charge in [0.1, 0.15) is 0 Å². The van der Waals surface area contributed by atoms with Crippen LogP contribution in [-0.2, 0) is 13.5 Å². The van der Waals surface area contributed by atoms with E-state index in [1.807, 2.05) is 17.8 Å². The summed E-state index contributed by atoms with van der Waals surface area (Å²) >= 11 is 0. The van der Waals surface area contributed by atoms with Crippen molar-refractivity contribution in [2.24, 2.45) is 7.05 Å². The van der Waals surface area contributed by atoms with Gasteiger partial charge in [-0.05, 0) is 18.9 Å². The normalized spacial score (nSPS) is 13.4. The van der Waals surface area contributed by atoms with Crippen LogP contribution in [0.25, 0.3) is 0 Å². The van der Waals surface area contributed by atoms with Gasteiger partial charge in [-0.3, -0.25) is 4.68 Å². The first-order valence-corrected chi connectivity index (χ1v) is 5.48. The molecule has 0 fully saturated rings. The standard InChI is InChI=1S/C11H21N3O/c1-9(2)12-8-11(15)5-4-10-6-7-13-14(10)3/h6-7,9,11-12,15H,4-5,8H2,1-3H3. The van der Waals surface area contributed by atoms with Crippen LogP contribution in [0.1, 0.15) is 26.0 Å². The number of nitrogens with zero attached hydrogens (tertiary/aromatic N) is 2. The molecule has 1 heterocycles. The second kappa shape index (κ2) is 5.88. The van der Waals surface area contributed by atoms with Crippen LogP contribution in [0.4, 0.5) is 0 Å². The first kappa shape index (κ1) is 12.2. The van der Waals surface area contributed by atoms with E-state index in [0.717, 1.165) is 12.8 Å². The fourth-order valence-electron chi connectivity index (χ4n) is 1.43. The van der Waals surface area contributed by atoms with Gasteiger partial charge in [-0.15, -0.1) is 0 Å². The molecule has 1 atom stereocenters. The van der Waals surface area contributed by atoms with Gasteiger partial charge >= 0.3 is 0 Å². The predicted molar refractivity (Wildman–Crippen MR) is 60.7 cm³/mol. The Kier molecular flexibility index (Phi) is 4.78. The number of aliphatic hydroxyl groups is 1. The van der Waals surface area contributed by atoms with Crippen LogP contribution in [-0.4, -0.2) is 33.6 Å². The highest BCUT2D eigenvalue weighted by Crippen LogP contribution is 2.03. The van der Waals surface area contributed by atoms with Crippen LogP contribution in [0.3, 0.4) is 0 Å². The van der Waals surface area contributed by atoms with Gasteiger partial charge in [0.05, 0.1) is 6.10 Å². The maximum atomic E-state index is 9.70. The highest BCUT2D eigenvalue weighted by molar-refractivity contribution is 5.00. The molecule has 86 valence electrons. The maximum absolute atomic E-state index is 9.70. The van der Waals surface area contributed by atoms with Crippen molar-refractivity contribution in [1.82, 2.24) is 15.1 Å². The minimum Gasteiger partial charge on any atom is -0.392 e. The zero-order valence-corrected chi connectivity index (χ0v) is 9.77. The van der Waals surface area contributed by atoms with Crippen molar-refractivity contribution in [2.45, 2.75) is 38.8 Å². The van der Waals surface area contributed by atoms with Gasteiger partial charge in [-0.2, -0.15) is 5.10 Å². The molecule has 0 aliphatic heterocycles. The molecule has 0 amide bonds. The lowest BCUT2D eigenvalue weighted by Crippen LogP contribution is -2.32. The first-order valence-electron chi connectivity index (χ1n) is 5.48. The topological polar surface area (TPSA) is 50.1 Å². The maximum Gasteiger partial charge on any atom is 0.0668 e. The highest BCUT2D eigenvalue weighted by atomic mass is 16.3. The number of rotatable bonds is 6. The molecule has 15 heavy (non-hydrogen) atoms. The third-order valence-corrected chi connectivity index (χ3v) is 2.42. The van der Waals surface area contributed by atoms with Gasteiger partial charge in [0.2, 0.25) is 0 Å². The summed E-state index contributed by atoms with van der Waals surface area (Å²) in [5.74, 6) is 0. The van der Waals surface area contributed by atoms with Gasteiger partial charge in [0.25, 0.3) is 0 Å². The van der Waals surface area contributed by atoms with Crippen molar-refractivity contribution >= 4 is 0 Å². The Morgan fingerprint density at radius 3 is 2.80 bits per heavy atom. The van der Waals surface area contributed by atoms with Gasteiger partial charge in [-0.25, -0.2) is 0 Å². The number of hydrogen-bond acceptors (Lipinski definition) is 3. The molecule has 1 aromatic rings. The molecule has 2 N–H and O–H groups in total. The second-order valence-electron chi connectivity index (χ2n) is 4.20. The summed E-state index contributed by atoms with van der Waals surface area (Å²) in [6, 6.07) is 2.42. The lowest BCUT2D eigenvalue weighted by molar-refractivity contribution is 0.158. The van der Waals surface area contributed by atoms with Gasteiger partial charge in [-0.1, -0.05) is 13.8 Å². The summed E-state index contributed by atoms with van der Waals surface area (Å²) in [5, 5.41) is 17.0. The van der Waals surface area contributed by atoms with Crippen LogP contribution >= 0.6 is 0 Å². The van der Waals surface area contributed by atoms with E-state index in [1.54, 1.807) is 6.20 Å². The van der Waals surface area contributed by atoms with Gasteiger partial charge in [0, 0.05) is 31.5 Å². The van der Waals surface area contributed by atoms with E-state index in [9.17, 15) is 5.11 Å². The predicted octanol–water partition coefficient (Wildman–Crippen LogP) is 0.712. The van der Waals surface area contributed by atoms with E-state index in [4.69, 9.17) is 0 Å². The molecule has 4 nitrogen and oxygen atoms in total. The third-order valence-electron chi connectivity index (χ3n) is 2.42. The molecule has 0 radical (unpaired) electrons. The molecule has 4 heteroatoms. The van der Waals surface area contributed by atoms with E-state index in [-0.39, 0.29) is 6.10 Å². The van der Waals surface area contributed by atoms with E-state index in [0.29, 0.717) is 12.6 Å². The van der Waals surface area contributed by atoms with E-state index in [1.165, 1.54) is 5.69 Å². The molecule has 1 unspecified atom stereocenters. The fraction of sp³-hybridized carbons (Fsp3) is 0.727. The fourth-order valence-corrected chi connectivity index (χ4v) is 1.43. The highest BCUT2D eigenvalue weighted by Gasteiger charge is 2.06. The van der Waals surface area contributed by atoms with E-state index < -0.39 is 0 Å². The number of nitrogens with one attached hydrogen (secondary N) is 1. The van der Waals surface area contributed by atoms with Crippen molar-refractivity contribution in [1.29, 1.82) is 0 Å². The lowest BCUT2D eigenvalue weighted by Gasteiger charge is -2.13. The Bertz CT molecular complexity index is 283. The molecule has 0 spiro atoms. The molecule has 0 aliphatic carbocycles. The Labute approximate surface area is 91.3 Å². The Hall–Kier alpha value is -0.870. The average Bonchev–Trinajstić information content (AvgIpc) is 2.58. The van der Waals surface area contributed by atoms with Crippen molar-refractivity contribution in [3.05, 3.63) is 18.0 Å². The molecule has 0 bridgehead atoms. The van der Waals surface area contributed by atoms with E-state index in [2.05, 4.69) is 24.3 Å². The van der Waals surface area contributed by atoms with Crippen LogP contribution in [0.5, 0.6) is 0 Å². The third kappa shape index (κ3) is 4.44. The monoisotopic (exact) mass is 211 g/mol. The Morgan fingerprint density at radius 2 is 2.27 bits per heavy atom. The Balaban J connectivity index is 2.22. The summed E-state index contributed by atoms with van der Waals surface area (Å²) in [7, 11) is 1.92. The molecule has 0 saturated carbocycles. The summed E-state index contributed by atoms with van der Waals surface area (Å²) in [4.78, 5) is 0. The first-order chi connectivity index (χ1) is 7.09. The summed E-state index contributed by atoms with van der Waals surface area (Å²) in [6.07, 6.45) is 3.16. The molecular weight excluding hydrogens is 190 g/mol. The van der Waals surface area contributed by atoms with Crippen molar-refractivity contribution in [3.63, 3.8) is 0 Å². The summed E-state index contributed by atoms with van der Waals surface area (Å²) in [6.45, 7) is 4.82. The minimum atomic E-state index is -0.276. The lowest BCUT2D eigenvalue weighted by atomic mass is 10.1. The zero-order chi connectivity index (χ0) is 11.3. The van der Waals surface area contributed by atoms with Gasteiger partial charge in [0.15, 0.2) is 0 Å². The van der Waals surface area contributed by atoms with Gasteiger partial charge < -0.3 is 10.4 Å². The van der Waals surface area contributed by atoms with Crippen molar-refractivity contribution in [3.8, 4) is 0 Å². The number of aromatic nitrogens is 2. The number of aryl methyl sites for hydroxylation is 2. The minimum absolute atomic E-state index is 0.276. The smallest absolute Gasteiger partial charge is 0.0668 e. The molecular formula is C11H21N3O. The molecule has 1 aromatic heterocycles. The molecule has 0 aliphatic rings. The largest absolute Gasteiger partial charge is 0.392 e. The molecule has 0 aromatic carbocycles. The number of hydrogen-bond donors (Lipinski definition) is 2. The van der Waals surface area contributed by atoms with Crippen molar-refractivity contribution < 1.29 is 5.11 Å². The van der Waals surface area contributed by atoms with Crippen LogP contribution in [0.15, 0.2) is 12.3 Å². The molecule has 0 saturated heterocycles. The average molecular weight is 211 g/mol. The quantitative estimate of drug-likeness (QED) is 0.728. The van der Waals surface area contributed by atoms with Crippen LogP contribution in [0, 0.1) is 0 Å². The SMILES string of the molecule is CC(C)NCC(O)CCc1ccnn1C. The Morgan fingerprint density at radius 1 is 1.53 bits per heavy atom. The number of aliphatic hydroxyl groups excluding tert-OH is 1. The molecule has 1 rings (SSSR count). The summed E-state index contributed by atoms with van der Waals surface area (Å²) in [5.41, 5.74) is 1.17. The zero-order valence-electron chi connectivity index (χ0n) is 9.77. The summed E-state index contributed by atoms with van der Waals surface area (Å²) < 4.78 is 1.85.